The van der Waals surface area contributed by atoms with Crippen molar-refractivity contribution in [2.24, 2.45) is 0 Å². The zero-order valence-corrected chi connectivity index (χ0v) is 18.4. The van der Waals surface area contributed by atoms with Gasteiger partial charge in [0.25, 0.3) is 0 Å². The lowest BCUT2D eigenvalue weighted by Crippen LogP contribution is -2.30. The highest BCUT2D eigenvalue weighted by Gasteiger charge is 2.10. The molecular formula is C27H30F2N2O. The highest BCUT2D eigenvalue weighted by Crippen LogP contribution is 2.29. The van der Waals surface area contributed by atoms with Crippen LogP contribution in [0, 0.1) is 11.6 Å². The summed E-state index contributed by atoms with van der Waals surface area (Å²) in [5.41, 5.74) is 3.27. The molecule has 3 aromatic rings. The van der Waals surface area contributed by atoms with E-state index in [1.807, 2.05) is 12.1 Å². The number of hydrogen-bond acceptors (Lipinski definition) is 3. The van der Waals surface area contributed by atoms with Crippen molar-refractivity contribution >= 4 is 0 Å². The molecule has 3 nitrogen and oxygen atoms in total. The van der Waals surface area contributed by atoms with E-state index in [1.54, 1.807) is 24.3 Å². The van der Waals surface area contributed by atoms with Crippen molar-refractivity contribution in [1.82, 2.24) is 9.88 Å². The second-order valence-corrected chi connectivity index (χ2v) is 8.40. The van der Waals surface area contributed by atoms with Crippen LogP contribution in [0.15, 0.2) is 60.7 Å². The van der Waals surface area contributed by atoms with Gasteiger partial charge in [-0.2, -0.15) is 0 Å². The summed E-state index contributed by atoms with van der Waals surface area (Å²) in [4.78, 5) is 7.20. The topological polar surface area (TPSA) is 25.4 Å². The molecule has 0 spiro atoms. The number of pyridine rings is 1. The molecule has 1 fully saturated rings. The predicted molar refractivity (Wildman–Crippen MR) is 125 cm³/mol. The lowest BCUT2D eigenvalue weighted by Gasteiger charge is -2.26. The van der Waals surface area contributed by atoms with Crippen LogP contribution in [0.1, 0.15) is 38.5 Å². The van der Waals surface area contributed by atoms with Crippen LogP contribution < -0.4 is 4.74 Å². The van der Waals surface area contributed by atoms with E-state index < -0.39 is 0 Å². The molecule has 0 bridgehead atoms. The number of aromatic nitrogens is 1. The Morgan fingerprint density at radius 1 is 0.719 bits per heavy atom. The number of benzene rings is 2. The fourth-order valence-corrected chi connectivity index (χ4v) is 4.13. The summed E-state index contributed by atoms with van der Waals surface area (Å²) in [6.45, 7) is 4.25. The molecular weight excluding hydrogens is 406 g/mol. The maximum Gasteiger partial charge on any atom is 0.214 e. The quantitative estimate of drug-likeness (QED) is 0.348. The van der Waals surface area contributed by atoms with Crippen molar-refractivity contribution in [3.63, 3.8) is 0 Å². The van der Waals surface area contributed by atoms with Crippen LogP contribution in [0.5, 0.6) is 5.88 Å². The minimum absolute atomic E-state index is 0.275. The Labute approximate surface area is 189 Å². The van der Waals surface area contributed by atoms with Crippen molar-refractivity contribution in [3.05, 3.63) is 72.3 Å². The van der Waals surface area contributed by atoms with E-state index in [-0.39, 0.29) is 11.6 Å². The van der Waals surface area contributed by atoms with Gasteiger partial charge >= 0.3 is 0 Å². The van der Waals surface area contributed by atoms with Crippen LogP contribution in [-0.4, -0.2) is 36.1 Å². The van der Waals surface area contributed by atoms with Gasteiger partial charge < -0.3 is 9.64 Å². The lowest BCUT2D eigenvalue weighted by molar-refractivity contribution is 0.220. The minimum atomic E-state index is -0.288. The Kier molecular flexibility index (Phi) is 7.83. The Morgan fingerprint density at radius 3 is 2.06 bits per heavy atom. The van der Waals surface area contributed by atoms with Gasteiger partial charge in [-0.1, -0.05) is 18.6 Å². The number of ether oxygens (including phenoxy) is 1. The van der Waals surface area contributed by atoms with Crippen LogP contribution in [-0.2, 0) is 0 Å². The minimum Gasteiger partial charge on any atom is -0.478 e. The third-order valence-electron chi connectivity index (χ3n) is 5.94. The average molecular weight is 437 g/mol. The van der Waals surface area contributed by atoms with Crippen molar-refractivity contribution in [2.45, 2.75) is 38.5 Å². The third-order valence-corrected chi connectivity index (χ3v) is 5.94. The molecule has 1 aliphatic heterocycles. The molecule has 0 N–H and O–H groups in total. The van der Waals surface area contributed by atoms with E-state index in [4.69, 9.17) is 4.74 Å². The van der Waals surface area contributed by atoms with E-state index in [9.17, 15) is 8.78 Å². The maximum absolute atomic E-state index is 13.4. The number of halogens is 2. The third kappa shape index (κ3) is 6.36. The van der Waals surface area contributed by atoms with Crippen molar-refractivity contribution < 1.29 is 13.5 Å². The van der Waals surface area contributed by atoms with Gasteiger partial charge in [-0.25, -0.2) is 13.8 Å². The van der Waals surface area contributed by atoms with Gasteiger partial charge in [-0.3, -0.25) is 0 Å². The molecule has 168 valence electrons. The summed E-state index contributed by atoms with van der Waals surface area (Å²) in [5, 5.41) is 0. The molecule has 0 amide bonds. The lowest BCUT2D eigenvalue weighted by atomic mass is 10.0. The molecule has 0 aliphatic carbocycles. The predicted octanol–water partition coefficient (Wildman–Crippen LogP) is 6.73. The van der Waals surface area contributed by atoms with Gasteiger partial charge in [-0.15, -0.1) is 0 Å². The summed E-state index contributed by atoms with van der Waals surface area (Å²) >= 11 is 0. The molecule has 1 aliphatic rings. The van der Waals surface area contributed by atoms with Gasteiger partial charge in [-0.05, 0) is 105 Å². The largest absolute Gasteiger partial charge is 0.478 e. The Bertz CT molecular complexity index is 920. The van der Waals surface area contributed by atoms with Crippen LogP contribution in [0.4, 0.5) is 8.78 Å². The zero-order chi connectivity index (χ0) is 22.2. The first-order valence-corrected chi connectivity index (χ1v) is 11.6. The van der Waals surface area contributed by atoms with E-state index in [1.165, 1.54) is 69.6 Å². The number of rotatable bonds is 9. The summed E-state index contributed by atoms with van der Waals surface area (Å²) in [6, 6.07) is 16.4. The average Bonchev–Trinajstić information content (AvgIpc) is 2.83. The van der Waals surface area contributed by atoms with Crippen LogP contribution in [0.25, 0.3) is 22.4 Å². The fourth-order valence-electron chi connectivity index (χ4n) is 4.13. The summed E-state index contributed by atoms with van der Waals surface area (Å²) in [5.74, 6) is -0.0331. The molecule has 1 saturated heterocycles. The number of hydrogen-bond donors (Lipinski definition) is 0. The van der Waals surface area contributed by atoms with Gasteiger partial charge in [0.1, 0.15) is 11.6 Å². The molecule has 32 heavy (non-hydrogen) atoms. The Morgan fingerprint density at radius 2 is 1.38 bits per heavy atom. The van der Waals surface area contributed by atoms with E-state index in [0.29, 0.717) is 18.2 Å². The Balaban J connectivity index is 1.40. The highest BCUT2D eigenvalue weighted by atomic mass is 19.1. The molecule has 0 atom stereocenters. The van der Waals surface area contributed by atoms with Crippen molar-refractivity contribution in [2.75, 3.05) is 26.2 Å². The molecule has 4 rings (SSSR count). The van der Waals surface area contributed by atoms with Crippen LogP contribution in [0.2, 0.25) is 0 Å². The van der Waals surface area contributed by atoms with Crippen LogP contribution >= 0.6 is 0 Å². The highest BCUT2D eigenvalue weighted by molar-refractivity contribution is 5.71. The molecule has 2 aromatic carbocycles. The monoisotopic (exact) mass is 436 g/mol. The smallest absolute Gasteiger partial charge is 0.214 e. The van der Waals surface area contributed by atoms with E-state index >= 15 is 0 Å². The molecule has 0 unspecified atom stereocenters. The second kappa shape index (κ2) is 11.2. The van der Waals surface area contributed by atoms with E-state index in [2.05, 4.69) is 9.88 Å². The van der Waals surface area contributed by atoms with Gasteiger partial charge in [0.2, 0.25) is 5.88 Å². The molecule has 2 heterocycles. The Hall–Kier alpha value is -2.79. The zero-order valence-electron chi connectivity index (χ0n) is 18.4. The molecule has 0 saturated carbocycles. The van der Waals surface area contributed by atoms with Gasteiger partial charge in [0.15, 0.2) is 0 Å². The maximum atomic E-state index is 13.4. The fraction of sp³-hybridized carbons (Fsp3) is 0.370. The first kappa shape index (κ1) is 22.4. The summed E-state index contributed by atoms with van der Waals surface area (Å²) in [6.07, 6.45) is 7.31. The number of piperidine rings is 1. The summed E-state index contributed by atoms with van der Waals surface area (Å²) < 4.78 is 32.7. The second-order valence-electron chi connectivity index (χ2n) is 8.40. The summed E-state index contributed by atoms with van der Waals surface area (Å²) in [7, 11) is 0. The number of nitrogens with zero attached hydrogens (tertiary/aromatic N) is 2. The first-order valence-electron chi connectivity index (χ1n) is 11.6. The normalized spacial score (nSPS) is 14.4. The molecule has 1 aromatic heterocycles. The molecule has 0 radical (unpaired) electrons. The van der Waals surface area contributed by atoms with Crippen LogP contribution in [0.3, 0.4) is 0 Å². The van der Waals surface area contributed by atoms with Gasteiger partial charge in [0, 0.05) is 11.6 Å². The number of likely N-dealkylation sites (tertiary alicyclic amines) is 1. The van der Waals surface area contributed by atoms with Gasteiger partial charge in [0.05, 0.1) is 12.3 Å². The molecule has 5 heteroatoms. The SMILES string of the molecule is Fc1ccc(-c2cc(OCCCCCN3CCCCC3)nc(-c3ccc(F)cc3)c2)cc1. The first-order chi connectivity index (χ1) is 15.7. The van der Waals surface area contributed by atoms with Crippen molar-refractivity contribution in [3.8, 4) is 28.3 Å². The number of unbranched alkanes of at least 4 members (excludes halogenated alkanes) is 2. The van der Waals surface area contributed by atoms with E-state index in [0.717, 1.165) is 29.5 Å². The standard InChI is InChI=1S/C27H30F2N2O/c28-24-11-7-21(8-12-24)23-19-26(22-9-13-25(29)14-10-22)30-27(20-23)32-18-6-2-5-17-31-15-3-1-4-16-31/h7-14,19-20H,1-6,15-18H2. The van der Waals surface area contributed by atoms with Crippen molar-refractivity contribution in [1.29, 1.82) is 0 Å².